The number of rotatable bonds is 2. The zero-order valence-electron chi connectivity index (χ0n) is 10.7. The number of methoxy groups -OCH3 is 1. The summed E-state index contributed by atoms with van der Waals surface area (Å²) in [6, 6.07) is 14.5. The maximum absolute atomic E-state index is 6.33. The van der Waals surface area contributed by atoms with Crippen LogP contribution in [0.1, 0.15) is 5.56 Å². The molecule has 0 radical (unpaired) electrons. The van der Waals surface area contributed by atoms with Crippen molar-refractivity contribution < 1.29 is 4.74 Å². The van der Waals surface area contributed by atoms with Crippen LogP contribution in [0.3, 0.4) is 0 Å². The fourth-order valence-electron chi connectivity index (χ4n) is 2.09. The summed E-state index contributed by atoms with van der Waals surface area (Å²) < 4.78 is 6.47. The molecule has 3 rings (SSSR count). The van der Waals surface area contributed by atoms with Gasteiger partial charge in [-0.05, 0) is 48.2 Å². The van der Waals surface area contributed by atoms with Crippen LogP contribution in [0.5, 0.6) is 5.75 Å². The minimum absolute atomic E-state index is 0.725. The number of ether oxygens (including phenoxy) is 1. The van der Waals surface area contributed by atoms with Gasteiger partial charge >= 0.3 is 0 Å². The minimum atomic E-state index is 0.725. The molecule has 0 aliphatic rings. The molecule has 0 fully saturated rings. The van der Waals surface area contributed by atoms with Gasteiger partial charge in [0.1, 0.15) is 5.75 Å². The summed E-state index contributed by atoms with van der Waals surface area (Å²) in [6.45, 7) is 2.11. The quantitative estimate of drug-likeness (QED) is 0.602. The lowest BCUT2D eigenvalue weighted by molar-refractivity contribution is 0.415. The Kier molecular flexibility index (Phi) is 3.21. The van der Waals surface area contributed by atoms with Gasteiger partial charge in [0.05, 0.1) is 12.1 Å². The number of hydrogen-bond donors (Lipinski definition) is 0. The first kappa shape index (κ1) is 12.5. The first-order chi connectivity index (χ1) is 9.17. The summed E-state index contributed by atoms with van der Waals surface area (Å²) in [5.74, 6) is 0.783. The van der Waals surface area contributed by atoms with Crippen LogP contribution in [0.2, 0.25) is 5.02 Å². The van der Waals surface area contributed by atoms with Gasteiger partial charge in [-0.1, -0.05) is 23.7 Å². The van der Waals surface area contributed by atoms with E-state index in [4.69, 9.17) is 16.3 Å². The monoisotopic (exact) mass is 288 g/mol. The first-order valence-electron chi connectivity index (χ1n) is 6.01. The SMILES string of the molecule is COc1ccc(-c2cc3ccc(C)cc3s2)c(Cl)c1. The third-order valence-corrected chi connectivity index (χ3v) is 4.56. The maximum atomic E-state index is 6.33. The van der Waals surface area contributed by atoms with Crippen molar-refractivity contribution >= 4 is 33.0 Å². The van der Waals surface area contributed by atoms with E-state index in [9.17, 15) is 0 Å². The molecule has 3 aromatic rings. The average molecular weight is 289 g/mol. The Morgan fingerprint density at radius 3 is 2.63 bits per heavy atom. The molecule has 3 heteroatoms. The van der Waals surface area contributed by atoms with E-state index in [-0.39, 0.29) is 0 Å². The average Bonchev–Trinajstić information content (AvgIpc) is 2.81. The molecular formula is C16H13ClOS. The van der Waals surface area contributed by atoms with Crippen LogP contribution >= 0.6 is 22.9 Å². The van der Waals surface area contributed by atoms with Crippen LogP contribution < -0.4 is 4.74 Å². The van der Waals surface area contributed by atoms with Crippen molar-refractivity contribution in [1.82, 2.24) is 0 Å². The summed E-state index contributed by atoms with van der Waals surface area (Å²) in [7, 11) is 1.65. The standard InChI is InChI=1S/C16H13ClOS/c1-10-3-4-11-8-16(19-15(11)7-10)13-6-5-12(18-2)9-14(13)17/h3-9H,1-2H3. The van der Waals surface area contributed by atoms with Crippen LogP contribution in [0.4, 0.5) is 0 Å². The van der Waals surface area contributed by atoms with Crippen LogP contribution in [-0.2, 0) is 0 Å². The molecule has 0 aliphatic heterocycles. The summed E-state index contributed by atoms with van der Waals surface area (Å²) in [5, 5.41) is 1.99. The second kappa shape index (κ2) is 4.87. The lowest BCUT2D eigenvalue weighted by Gasteiger charge is -2.04. The molecule has 1 nitrogen and oxygen atoms in total. The largest absolute Gasteiger partial charge is 0.497 e. The Bertz CT molecular complexity index is 746. The molecule has 1 heterocycles. The molecule has 1 aromatic heterocycles. The third kappa shape index (κ3) is 2.34. The number of benzene rings is 2. The van der Waals surface area contributed by atoms with Gasteiger partial charge in [-0.2, -0.15) is 0 Å². The summed E-state index contributed by atoms with van der Waals surface area (Å²) >= 11 is 8.10. The van der Waals surface area contributed by atoms with E-state index in [1.165, 1.54) is 20.5 Å². The molecule has 0 aliphatic carbocycles. The Hall–Kier alpha value is -1.51. The highest BCUT2D eigenvalue weighted by Gasteiger charge is 2.09. The third-order valence-electron chi connectivity index (χ3n) is 3.12. The summed E-state index contributed by atoms with van der Waals surface area (Å²) in [4.78, 5) is 1.19. The lowest BCUT2D eigenvalue weighted by atomic mass is 10.1. The maximum Gasteiger partial charge on any atom is 0.120 e. The van der Waals surface area contributed by atoms with E-state index in [1.54, 1.807) is 18.4 Å². The second-order valence-corrected chi connectivity index (χ2v) is 5.99. The van der Waals surface area contributed by atoms with Crippen molar-refractivity contribution in [3.05, 3.63) is 53.1 Å². The highest BCUT2D eigenvalue weighted by molar-refractivity contribution is 7.22. The highest BCUT2D eigenvalue weighted by atomic mass is 35.5. The zero-order valence-corrected chi connectivity index (χ0v) is 12.3. The van der Waals surface area contributed by atoms with Crippen molar-refractivity contribution in [3.8, 4) is 16.2 Å². The molecule has 19 heavy (non-hydrogen) atoms. The number of aryl methyl sites for hydroxylation is 1. The Balaban J connectivity index is 2.13. The van der Waals surface area contributed by atoms with Crippen molar-refractivity contribution in [3.63, 3.8) is 0 Å². The van der Waals surface area contributed by atoms with Gasteiger partial charge in [0.15, 0.2) is 0 Å². The predicted octanol–water partition coefficient (Wildman–Crippen LogP) is 5.54. The van der Waals surface area contributed by atoms with Gasteiger partial charge in [-0.3, -0.25) is 0 Å². The van der Waals surface area contributed by atoms with Crippen molar-refractivity contribution in [2.24, 2.45) is 0 Å². The minimum Gasteiger partial charge on any atom is -0.497 e. The molecule has 96 valence electrons. The van der Waals surface area contributed by atoms with Crippen LogP contribution in [0, 0.1) is 6.92 Å². The lowest BCUT2D eigenvalue weighted by Crippen LogP contribution is -1.83. The Labute approximate surface area is 121 Å². The first-order valence-corrected chi connectivity index (χ1v) is 7.21. The highest BCUT2D eigenvalue weighted by Crippen LogP contribution is 2.38. The van der Waals surface area contributed by atoms with E-state index in [1.807, 2.05) is 18.2 Å². The van der Waals surface area contributed by atoms with Gasteiger partial charge in [-0.25, -0.2) is 0 Å². The topological polar surface area (TPSA) is 9.23 Å². The fourth-order valence-corrected chi connectivity index (χ4v) is 3.62. The summed E-state index contributed by atoms with van der Waals surface area (Å²) in [6.07, 6.45) is 0. The van der Waals surface area contributed by atoms with Crippen LogP contribution in [0.25, 0.3) is 20.5 Å². The van der Waals surface area contributed by atoms with Crippen LogP contribution in [-0.4, -0.2) is 7.11 Å². The molecule has 0 saturated heterocycles. The van der Waals surface area contributed by atoms with E-state index in [0.717, 1.165) is 16.3 Å². The molecule has 0 N–H and O–H groups in total. The molecule has 0 amide bonds. The smallest absolute Gasteiger partial charge is 0.120 e. The van der Waals surface area contributed by atoms with Gasteiger partial charge in [-0.15, -0.1) is 11.3 Å². The van der Waals surface area contributed by atoms with E-state index in [0.29, 0.717) is 0 Å². The Morgan fingerprint density at radius 2 is 1.89 bits per heavy atom. The number of hydrogen-bond acceptors (Lipinski definition) is 2. The van der Waals surface area contributed by atoms with E-state index >= 15 is 0 Å². The van der Waals surface area contributed by atoms with Gasteiger partial charge in [0.25, 0.3) is 0 Å². The van der Waals surface area contributed by atoms with Crippen molar-refractivity contribution in [2.45, 2.75) is 6.92 Å². The molecule has 2 aromatic carbocycles. The Morgan fingerprint density at radius 1 is 1.05 bits per heavy atom. The molecule has 0 unspecified atom stereocenters. The van der Waals surface area contributed by atoms with Crippen molar-refractivity contribution in [2.75, 3.05) is 7.11 Å². The zero-order chi connectivity index (χ0) is 13.4. The molecular weight excluding hydrogens is 276 g/mol. The number of halogens is 1. The second-order valence-electron chi connectivity index (χ2n) is 4.50. The number of thiophene rings is 1. The normalized spacial score (nSPS) is 10.9. The van der Waals surface area contributed by atoms with E-state index in [2.05, 4.69) is 31.2 Å². The molecule has 0 atom stereocenters. The molecule has 0 saturated carbocycles. The van der Waals surface area contributed by atoms with Gasteiger partial charge < -0.3 is 4.74 Å². The van der Waals surface area contributed by atoms with E-state index < -0.39 is 0 Å². The van der Waals surface area contributed by atoms with Crippen molar-refractivity contribution in [1.29, 1.82) is 0 Å². The van der Waals surface area contributed by atoms with Crippen LogP contribution in [0.15, 0.2) is 42.5 Å². The summed E-state index contributed by atoms with van der Waals surface area (Å²) in [5.41, 5.74) is 2.34. The number of fused-ring (bicyclic) bond motifs is 1. The fraction of sp³-hybridized carbons (Fsp3) is 0.125. The molecule has 0 bridgehead atoms. The predicted molar refractivity (Wildman–Crippen MR) is 83.6 cm³/mol. The van der Waals surface area contributed by atoms with Gasteiger partial charge in [0.2, 0.25) is 0 Å². The molecule has 0 spiro atoms. The van der Waals surface area contributed by atoms with Gasteiger partial charge in [0, 0.05) is 15.1 Å².